The van der Waals surface area contributed by atoms with Crippen molar-refractivity contribution < 1.29 is 0 Å². The topological polar surface area (TPSA) is 15.3 Å². The quantitative estimate of drug-likeness (QED) is 0.800. The van der Waals surface area contributed by atoms with Crippen LogP contribution in [0.5, 0.6) is 0 Å². The largest absolute Gasteiger partial charge is 0.314 e. The van der Waals surface area contributed by atoms with E-state index in [1.165, 1.54) is 31.5 Å². The van der Waals surface area contributed by atoms with Crippen molar-refractivity contribution in [3.63, 3.8) is 0 Å². The molecule has 2 atom stereocenters. The summed E-state index contributed by atoms with van der Waals surface area (Å²) in [5.41, 5.74) is 2.96. The van der Waals surface area contributed by atoms with Crippen molar-refractivity contribution in [1.29, 1.82) is 0 Å². The third-order valence-corrected chi connectivity index (χ3v) is 3.68. The summed E-state index contributed by atoms with van der Waals surface area (Å²) >= 11 is 5.70. The maximum atomic E-state index is 5.70. The van der Waals surface area contributed by atoms with Gasteiger partial charge in [0, 0.05) is 24.7 Å². The Kier molecular flexibility index (Phi) is 6.40. The first-order chi connectivity index (χ1) is 7.67. The van der Waals surface area contributed by atoms with Crippen LogP contribution in [0, 0.1) is 5.92 Å². The smallest absolute Gasteiger partial charge is 0.0202 e. The molecule has 0 radical (unpaired) electrons. The predicted octanol–water partition coefficient (Wildman–Crippen LogP) is 2.84. The molecule has 1 heterocycles. The lowest BCUT2D eigenvalue weighted by Crippen LogP contribution is -2.48. The summed E-state index contributed by atoms with van der Waals surface area (Å²) in [6, 6.07) is 0.705. The van der Waals surface area contributed by atoms with Crippen LogP contribution in [0.25, 0.3) is 0 Å². The fourth-order valence-corrected chi connectivity index (χ4v) is 2.46. The Morgan fingerprint density at radius 2 is 2.31 bits per heavy atom. The third-order valence-electron chi connectivity index (χ3n) is 3.31. The van der Waals surface area contributed by atoms with Crippen molar-refractivity contribution in [3.8, 4) is 0 Å². The minimum atomic E-state index is 0.705. The van der Waals surface area contributed by atoms with E-state index in [-0.39, 0.29) is 0 Å². The van der Waals surface area contributed by atoms with Crippen LogP contribution in [-0.2, 0) is 0 Å². The molecule has 0 bridgehead atoms. The first-order valence-electron chi connectivity index (χ1n) is 6.39. The number of halogens is 1. The van der Waals surface area contributed by atoms with Crippen LogP contribution in [0.4, 0.5) is 0 Å². The molecule has 1 aliphatic heterocycles. The molecule has 0 aromatic heterocycles. The molecule has 16 heavy (non-hydrogen) atoms. The Morgan fingerprint density at radius 3 is 2.88 bits per heavy atom. The number of likely N-dealkylation sites (tertiary alicyclic amines) is 1. The van der Waals surface area contributed by atoms with Gasteiger partial charge in [-0.2, -0.15) is 0 Å². The summed E-state index contributed by atoms with van der Waals surface area (Å²) in [5.74, 6) is 0.739. The van der Waals surface area contributed by atoms with Gasteiger partial charge >= 0.3 is 0 Å². The van der Waals surface area contributed by atoms with E-state index in [1.807, 2.05) is 0 Å². The number of hydrogen-bond acceptors (Lipinski definition) is 2. The van der Waals surface area contributed by atoms with E-state index in [0.717, 1.165) is 19.0 Å². The molecule has 94 valence electrons. The lowest BCUT2D eigenvalue weighted by molar-refractivity contribution is 0.158. The van der Waals surface area contributed by atoms with Crippen LogP contribution in [0.15, 0.2) is 11.1 Å². The van der Waals surface area contributed by atoms with Crippen molar-refractivity contribution >= 4 is 11.6 Å². The fraction of sp³-hybridized carbons (Fsp3) is 0.846. The summed E-state index contributed by atoms with van der Waals surface area (Å²) < 4.78 is 0. The average molecular weight is 245 g/mol. The Labute approximate surface area is 105 Å². The summed E-state index contributed by atoms with van der Waals surface area (Å²) in [6.45, 7) is 11.2. The SMILES string of the molecule is CCCNC1CCN(CC(C)=CCl)CC1C. The van der Waals surface area contributed by atoms with Crippen molar-refractivity contribution in [1.82, 2.24) is 10.2 Å². The zero-order valence-electron chi connectivity index (χ0n) is 10.8. The van der Waals surface area contributed by atoms with Gasteiger partial charge in [0.15, 0.2) is 0 Å². The summed E-state index contributed by atoms with van der Waals surface area (Å²) in [5, 5.41) is 3.64. The standard InChI is InChI=1S/C13H25ClN2/c1-4-6-15-13-5-7-16(10-12(13)3)9-11(2)8-14/h8,12-13,15H,4-7,9-10H2,1-3H3. The van der Waals surface area contributed by atoms with E-state index in [4.69, 9.17) is 11.6 Å². The number of nitrogens with zero attached hydrogens (tertiary/aromatic N) is 1. The molecule has 0 aliphatic carbocycles. The van der Waals surface area contributed by atoms with Crippen molar-refractivity contribution in [2.75, 3.05) is 26.2 Å². The van der Waals surface area contributed by atoms with Crippen LogP contribution in [0.1, 0.15) is 33.6 Å². The van der Waals surface area contributed by atoms with Gasteiger partial charge in [0.05, 0.1) is 0 Å². The molecule has 2 unspecified atom stereocenters. The number of nitrogens with one attached hydrogen (secondary N) is 1. The Hall–Kier alpha value is -0.0500. The molecule has 2 nitrogen and oxygen atoms in total. The maximum Gasteiger partial charge on any atom is 0.0202 e. The normalized spacial score (nSPS) is 28.4. The Balaban J connectivity index is 2.33. The highest BCUT2D eigenvalue weighted by atomic mass is 35.5. The second-order valence-corrected chi connectivity index (χ2v) is 5.24. The molecular formula is C13H25ClN2. The second-order valence-electron chi connectivity index (χ2n) is 5.02. The molecule has 0 aromatic rings. The highest BCUT2D eigenvalue weighted by Crippen LogP contribution is 2.17. The van der Waals surface area contributed by atoms with E-state index < -0.39 is 0 Å². The van der Waals surface area contributed by atoms with Gasteiger partial charge in [-0.3, -0.25) is 4.90 Å². The molecule has 1 saturated heterocycles. The van der Waals surface area contributed by atoms with Gasteiger partial charge in [-0.25, -0.2) is 0 Å². The fourth-order valence-electron chi connectivity index (χ4n) is 2.40. The van der Waals surface area contributed by atoms with E-state index in [1.54, 1.807) is 5.54 Å². The first-order valence-corrected chi connectivity index (χ1v) is 6.82. The van der Waals surface area contributed by atoms with Gasteiger partial charge in [-0.05, 0) is 44.3 Å². The van der Waals surface area contributed by atoms with E-state index >= 15 is 0 Å². The van der Waals surface area contributed by atoms with Crippen molar-refractivity contribution in [2.45, 2.75) is 39.7 Å². The van der Waals surface area contributed by atoms with Gasteiger partial charge in [-0.1, -0.05) is 25.4 Å². The summed E-state index contributed by atoms with van der Waals surface area (Å²) in [7, 11) is 0. The van der Waals surface area contributed by atoms with Crippen LogP contribution >= 0.6 is 11.6 Å². The molecule has 0 spiro atoms. The molecule has 1 aliphatic rings. The van der Waals surface area contributed by atoms with Gasteiger partial charge in [0.25, 0.3) is 0 Å². The van der Waals surface area contributed by atoms with Gasteiger partial charge in [0.1, 0.15) is 0 Å². The molecule has 0 aromatic carbocycles. The molecule has 1 rings (SSSR count). The molecule has 1 fully saturated rings. The lowest BCUT2D eigenvalue weighted by Gasteiger charge is -2.37. The van der Waals surface area contributed by atoms with Crippen LogP contribution < -0.4 is 5.32 Å². The second kappa shape index (κ2) is 7.31. The highest BCUT2D eigenvalue weighted by molar-refractivity contribution is 6.25. The molecule has 0 amide bonds. The monoisotopic (exact) mass is 244 g/mol. The summed E-state index contributed by atoms with van der Waals surface area (Å²) in [4.78, 5) is 2.50. The lowest BCUT2D eigenvalue weighted by atomic mass is 9.93. The number of piperidine rings is 1. The van der Waals surface area contributed by atoms with Crippen molar-refractivity contribution in [3.05, 3.63) is 11.1 Å². The van der Waals surface area contributed by atoms with Crippen LogP contribution in [0.3, 0.4) is 0 Å². The molecule has 1 N–H and O–H groups in total. The molecule has 0 saturated carbocycles. The van der Waals surface area contributed by atoms with Crippen LogP contribution in [-0.4, -0.2) is 37.1 Å². The van der Waals surface area contributed by atoms with Gasteiger partial charge < -0.3 is 5.32 Å². The summed E-state index contributed by atoms with van der Waals surface area (Å²) in [6.07, 6.45) is 2.48. The minimum absolute atomic E-state index is 0.705. The van der Waals surface area contributed by atoms with E-state index in [2.05, 4.69) is 31.0 Å². The zero-order valence-corrected chi connectivity index (χ0v) is 11.6. The van der Waals surface area contributed by atoms with E-state index in [9.17, 15) is 0 Å². The Bertz CT molecular complexity index is 228. The number of rotatable bonds is 5. The molecule has 3 heteroatoms. The van der Waals surface area contributed by atoms with Crippen LogP contribution in [0.2, 0.25) is 0 Å². The predicted molar refractivity (Wildman–Crippen MR) is 71.9 cm³/mol. The first kappa shape index (κ1) is 14.0. The molecular weight excluding hydrogens is 220 g/mol. The average Bonchev–Trinajstić information content (AvgIpc) is 2.28. The van der Waals surface area contributed by atoms with Gasteiger partial charge in [0.2, 0.25) is 0 Å². The van der Waals surface area contributed by atoms with Crippen molar-refractivity contribution in [2.24, 2.45) is 5.92 Å². The van der Waals surface area contributed by atoms with Gasteiger partial charge in [-0.15, -0.1) is 0 Å². The third kappa shape index (κ3) is 4.44. The minimum Gasteiger partial charge on any atom is -0.314 e. The number of hydrogen-bond donors (Lipinski definition) is 1. The highest BCUT2D eigenvalue weighted by Gasteiger charge is 2.25. The Morgan fingerprint density at radius 1 is 1.56 bits per heavy atom. The maximum absolute atomic E-state index is 5.70. The van der Waals surface area contributed by atoms with E-state index in [0.29, 0.717) is 6.04 Å². The zero-order chi connectivity index (χ0) is 12.0.